The number of sulfonamides is 1. The van der Waals surface area contributed by atoms with E-state index in [1.807, 2.05) is 25.1 Å². The van der Waals surface area contributed by atoms with E-state index in [1.54, 1.807) is 29.6 Å². The van der Waals surface area contributed by atoms with Crippen molar-refractivity contribution in [3.8, 4) is 11.5 Å². The molecule has 0 amide bonds. The third-order valence-electron chi connectivity index (χ3n) is 6.59. The van der Waals surface area contributed by atoms with Gasteiger partial charge in [0.1, 0.15) is 16.4 Å². The number of methoxy groups -OCH3 is 1. The number of piperidine rings is 1. The van der Waals surface area contributed by atoms with E-state index < -0.39 is 22.2 Å². The highest BCUT2D eigenvalue weighted by Gasteiger charge is 2.42. The van der Waals surface area contributed by atoms with E-state index in [0.717, 1.165) is 38.2 Å². The average Bonchev–Trinajstić information content (AvgIpc) is 2.87. The molecule has 0 unspecified atom stereocenters. The van der Waals surface area contributed by atoms with E-state index in [9.17, 15) is 21.6 Å². The minimum absolute atomic E-state index is 0.160. The molecule has 12 heteroatoms. The third kappa shape index (κ3) is 7.14. The molecular formula is C25H31F3N2O6S. The number of aliphatic carboxylic acids is 1. The van der Waals surface area contributed by atoms with Gasteiger partial charge in [0, 0.05) is 25.0 Å². The van der Waals surface area contributed by atoms with Crippen LogP contribution < -0.4 is 9.47 Å². The van der Waals surface area contributed by atoms with E-state index in [0.29, 0.717) is 25.4 Å². The predicted molar refractivity (Wildman–Crippen MR) is 130 cm³/mol. The van der Waals surface area contributed by atoms with Crippen LogP contribution in [0.3, 0.4) is 0 Å². The van der Waals surface area contributed by atoms with Crippen LogP contribution in [0, 0.1) is 5.41 Å². The molecule has 1 N–H and O–H groups in total. The van der Waals surface area contributed by atoms with Crippen molar-refractivity contribution in [2.75, 3.05) is 39.9 Å². The Bertz CT molecular complexity index is 1160. The lowest BCUT2D eigenvalue weighted by Gasteiger charge is -2.44. The zero-order valence-corrected chi connectivity index (χ0v) is 21.5. The second-order valence-electron chi connectivity index (χ2n) is 9.09. The Balaban J connectivity index is 0.000000479. The fourth-order valence-corrected chi connectivity index (χ4v) is 6.11. The number of rotatable bonds is 4. The highest BCUT2D eigenvalue weighted by Crippen LogP contribution is 2.39. The fraction of sp³-hybridized carbons (Fsp3) is 0.480. The molecule has 1 saturated heterocycles. The van der Waals surface area contributed by atoms with Crippen LogP contribution in [0.25, 0.3) is 0 Å². The first-order chi connectivity index (χ1) is 17.4. The lowest BCUT2D eigenvalue weighted by molar-refractivity contribution is -0.192. The Morgan fingerprint density at radius 3 is 2.24 bits per heavy atom. The quantitative estimate of drug-likeness (QED) is 0.621. The largest absolute Gasteiger partial charge is 0.497 e. The molecule has 2 aromatic carbocycles. The summed E-state index contributed by atoms with van der Waals surface area (Å²) in [6, 6.07) is 15.2. The number of likely N-dealkylation sites (tertiary alicyclic amines) is 1. The van der Waals surface area contributed by atoms with Crippen molar-refractivity contribution in [3.05, 3.63) is 54.1 Å². The molecule has 0 aliphatic carbocycles. The first-order valence-corrected chi connectivity index (χ1v) is 13.2. The highest BCUT2D eigenvalue weighted by atomic mass is 32.2. The standard InChI is InChI=1S/C23H30N2O4S.C2HF3O2/c1-3-25-17-23(18-29-21-6-4-5-7-22(21)30(25,26)27)12-14-24(15-13-23)16-19-8-10-20(28-2)11-9-19;3-2(4,5)1(6)7/h4-11H,3,12-18H2,1-2H3;(H,6,7). The summed E-state index contributed by atoms with van der Waals surface area (Å²) in [6.07, 6.45) is -3.26. The Labute approximate surface area is 214 Å². The smallest absolute Gasteiger partial charge is 0.490 e. The summed E-state index contributed by atoms with van der Waals surface area (Å²) in [4.78, 5) is 11.6. The molecular weight excluding hydrogens is 513 g/mol. The van der Waals surface area contributed by atoms with Crippen molar-refractivity contribution >= 4 is 16.0 Å². The maximum atomic E-state index is 13.2. The van der Waals surface area contributed by atoms with Gasteiger partial charge in [0.2, 0.25) is 10.0 Å². The summed E-state index contributed by atoms with van der Waals surface area (Å²) in [7, 11) is -1.88. The molecule has 2 aliphatic rings. The van der Waals surface area contributed by atoms with Gasteiger partial charge in [-0.25, -0.2) is 13.2 Å². The number of carboxylic acid groups (broad SMARTS) is 1. The van der Waals surface area contributed by atoms with Crippen LogP contribution in [0.1, 0.15) is 25.3 Å². The summed E-state index contributed by atoms with van der Waals surface area (Å²) in [5.74, 6) is -1.42. The number of para-hydroxylation sites is 1. The van der Waals surface area contributed by atoms with Gasteiger partial charge in [-0.3, -0.25) is 4.90 Å². The van der Waals surface area contributed by atoms with Gasteiger partial charge >= 0.3 is 12.1 Å². The van der Waals surface area contributed by atoms with Crippen LogP contribution in [-0.2, 0) is 21.4 Å². The predicted octanol–water partition coefficient (Wildman–Crippen LogP) is 4.01. The van der Waals surface area contributed by atoms with Crippen LogP contribution in [0.4, 0.5) is 13.2 Å². The third-order valence-corrected chi connectivity index (χ3v) is 8.55. The number of nitrogens with zero attached hydrogens (tertiary/aromatic N) is 2. The molecule has 4 rings (SSSR count). The van der Waals surface area contributed by atoms with Gasteiger partial charge in [-0.05, 0) is 55.8 Å². The molecule has 0 atom stereocenters. The van der Waals surface area contributed by atoms with Crippen LogP contribution in [0.2, 0.25) is 0 Å². The maximum absolute atomic E-state index is 13.2. The lowest BCUT2D eigenvalue weighted by atomic mass is 9.78. The van der Waals surface area contributed by atoms with Gasteiger partial charge in [0.25, 0.3) is 0 Å². The number of ether oxygens (including phenoxy) is 2. The van der Waals surface area contributed by atoms with Crippen molar-refractivity contribution in [2.24, 2.45) is 5.41 Å². The van der Waals surface area contributed by atoms with E-state index >= 15 is 0 Å². The second kappa shape index (κ2) is 11.7. The molecule has 37 heavy (non-hydrogen) atoms. The monoisotopic (exact) mass is 544 g/mol. The summed E-state index contributed by atoms with van der Waals surface area (Å²) < 4.78 is 71.1. The molecule has 0 bridgehead atoms. The van der Waals surface area contributed by atoms with Crippen molar-refractivity contribution in [2.45, 2.75) is 37.4 Å². The van der Waals surface area contributed by atoms with Gasteiger partial charge in [0.15, 0.2) is 0 Å². The van der Waals surface area contributed by atoms with E-state index in [1.165, 1.54) is 5.56 Å². The van der Waals surface area contributed by atoms with Crippen LogP contribution in [0.15, 0.2) is 53.4 Å². The summed E-state index contributed by atoms with van der Waals surface area (Å²) in [5, 5.41) is 7.12. The first-order valence-electron chi connectivity index (χ1n) is 11.8. The van der Waals surface area contributed by atoms with Crippen molar-refractivity contribution in [3.63, 3.8) is 0 Å². The minimum Gasteiger partial charge on any atom is -0.497 e. The molecule has 8 nitrogen and oxygen atoms in total. The highest BCUT2D eigenvalue weighted by molar-refractivity contribution is 7.89. The van der Waals surface area contributed by atoms with Crippen LogP contribution in [0.5, 0.6) is 11.5 Å². The molecule has 0 radical (unpaired) electrons. The Morgan fingerprint density at radius 1 is 1.11 bits per heavy atom. The number of halogens is 3. The Kier molecular flexibility index (Phi) is 9.09. The van der Waals surface area contributed by atoms with Gasteiger partial charge < -0.3 is 14.6 Å². The number of carbonyl (C=O) groups is 1. The molecule has 2 aromatic rings. The van der Waals surface area contributed by atoms with Crippen molar-refractivity contribution in [1.82, 2.24) is 9.21 Å². The molecule has 0 aromatic heterocycles. The number of fused-ring (bicyclic) bond motifs is 1. The fourth-order valence-electron chi connectivity index (χ4n) is 4.42. The number of hydrogen-bond acceptors (Lipinski definition) is 6. The van der Waals surface area contributed by atoms with Crippen molar-refractivity contribution < 1.29 is 41.0 Å². The van der Waals surface area contributed by atoms with Gasteiger partial charge in [0.05, 0.1) is 13.7 Å². The van der Waals surface area contributed by atoms with E-state index in [-0.39, 0.29) is 10.3 Å². The zero-order chi connectivity index (χ0) is 27.3. The van der Waals surface area contributed by atoms with E-state index in [4.69, 9.17) is 19.4 Å². The molecule has 204 valence electrons. The minimum atomic E-state index is -5.08. The second-order valence-corrected chi connectivity index (χ2v) is 11.0. The molecule has 1 fully saturated rings. The average molecular weight is 545 g/mol. The van der Waals surface area contributed by atoms with Gasteiger partial charge in [-0.2, -0.15) is 17.5 Å². The Hall–Kier alpha value is -2.83. The van der Waals surface area contributed by atoms with Crippen LogP contribution >= 0.6 is 0 Å². The van der Waals surface area contributed by atoms with Crippen molar-refractivity contribution in [1.29, 1.82) is 0 Å². The summed E-state index contributed by atoms with van der Waals surface area (Å²) >= 11 is 0. The molecule has 2 heterocycles. The summed E-state index contributed by atoms with van der Waals surface area (Å²) in [6.45, 7) is 6.18. The molecule has 2 aliphatic heterocycles. The number of carboxylic acids is 1. The van der Waals surface area contributed by atoms with Gasteiger partial charge in [-0.1, -0.05) is 31.2 Å². The zero-order valence-electron chi connectivity index (χ0n) is 20.7. The Morgan fingerprint density at radius 2 is 1.70 bits per heavy atom. The number of benzene rings is 2. The topological polar surface area (TPSA) is 96.4 Å². The number of alkyl halides is 3. The normalized spacial score (nSPS) is 19.4. The molecule has 1 spiro atoms. The maximum Gasteiger partial charge on any atom is 0.490 e. The molecule has 0 saturated carbocycles. The first kappa shape index (κ1) is 28.7. The van der Waals surface area contributed by atoms with E-state index in [2.05, 4.69) is 17.0 Å². The number of hydrogen-bond donors (Lipinski definition) is 1. The summed E-state index contributed by atoms with van der Waals surface area (Å²) in [5.41, 5.74) is 1.10. The lowest BCUT2D eigenvalue weighted by Crippen LogP contribution is -2.51. The van der Waals surface area contributed by atoms with Gasteiger partial charge in [-0.15, -0.1) is 0 Å². The van der Waals surface area contributed by atoms with Crippen LogP contribution in [-0.4, -0.2) is 74.8 Å². The SMILES string of the molecule is CCN1CC2(CCN(Cc3ccc(OC)cc3)CC2)COc2ccccc2S1(=O)=O.O=C(O)C(F)(F)F.